The van der Waals surface area contributed by atoms with Gasteiger partial charge >= 0.3 is 5.97 Å². The first-order chi connectivity index (χ1) is 12.9. The molecule has 2 aliphatic rings. The molecule has 1 aromatic carbocycles. The first kappa shape index (κ1) is 20.6. The number of carbonyl (C=O) groups is 2. The van der Waals surface area contributed by atoms with Gasteiger partial charge in [0.2, 0.25) is 5.91 Å². The predicted octanol–water partition coefficient (Wildman–Crippen LogP) is 3.45. The number of ether oxygens (including phenoxy) is 1. The molecule has 1 aliphatic carbocycles. The third-order valence-corrected chi connectivity index (χ3v) is 6.28. The van der Waals surface area contributed by atoms with Crippen LogP contribution in [0, 0.1) is 34.3 Å². The lowest BCUT2D eigenvalue weighted by Gasteiger charge is -2.37. The molecule has 1 saturated carbocycles. The Morgan fingerprint density at radius 2 is 1.93 bits per heavy atom. The number of esters is 1. The third-order valence-electron chi connectivity index (χ3n) is 6.28. The summed E-state index contributed by atoms with van der Waals surface area (Å²) in [6, 6.07) is 1.76. The summed E-state index contributed by atoms with van der Waals surface area (Å²) in [5, 5.41) is 2.93. The number of halogens is 2. The number of nitrogens with one attached hydrogen (secondary N) is 1. The summed E-state index contributed by atoms with van der Waals surface area (Å²) in [5.41, 5.74) is -0.529. The summed E-state index contributed by atoms with van der Waals surface area (Å²) in [5.74, 6) is -1.86. The molecule has 1 amide bonds. The lowest BCUT2D eigenvalue weighted by molar-refractivity contribution is -0.154. The van der Waals surface area contributed by atoms with E-state index in [2.05, 4.69) is 19.2 Å². The number of rotatable bonds is 4. The normalized spacial score (nSPS) is 26.4. The molecule has 5 nitrogen and oxygen atoms in total. The quantitative estimate of drug-likeness (QED) is 0.795. The zero-order valence-electron chi connectivity index (χ0n) is 17.2. The van der Waals surface area contributed by atoms with Crippen molar-refractivity contribution in [1.29, 1.82) is 0 Å². The number of hydrogen-bond acceptors (Lipinski definition) is 4. The largest absolute Gasteiger partial charge is 0.467 e. The molecular formula is C21H28F2N2O3. The summed E-state index contributed by atoms with van der Waals surface area (Å²) in [4.78, 5) is 27.4. The Labute approximate surface area is 164 Å². The van der Waals surface area contributed by atoms with E-state index < -0.39 is 35.1 Å². The molecule has 1 heterocycles. The summed E-state index contributed by atoms with van der Waals surface area (Å²) >= 11 is 0. The van der Waals surface area contributed by atoms with Gasteiger partial charge in [-0.15, -0.1) is 0 Å². The molecule has 1 N–H and O–H groups in total. The van der Waals surface area contributed by atoms with Gasteiger partial charge in [-0.05, 0) is 28.9 Å². The Morgan fingerprint density at radius 3 is 2.46 bits per heavy atom. The number of methoxy groups -OCH3 is 1. The molecule has 3 rings (SSSR count). The Bertz CT molecular complexity index is 803. The van der Waals surface area contributed by atoms with E-state index in [4.69, 9.17) is 4.74 Å². The zero-order valence-corrected chi connectivity index (χ0v) is 17.2. The van der Waals surface area contributed by atoms with E-state index >= 15 is 0 Å². The monoisotopic (exact) mass is 394 g/mol. The van der Waals surface area contributed by atoms with Gasteiger partial charge in [0.05, 0.1) is 12.8 Å². The number of piperidine rings is 1. The van der Waals surface area contributed by atoms with Crippen molar-refractivity contribution in [2.24, 2.45) is 22.7 Å². The molecule has 28 heavy (non-hydrogen) atoms. The van der Waals surface area contributed by atoms with Gasteiger partial charge in [0.1, 0.15) is 23.7 Å². The average Bonchev–Trinajstić information content (AvgIpc) is 2.94. The van der Waals surface area contributed by atoms with Crippen molar-refractivity contribution in [3.63, 3.8) is 0 Å². The molecule has 7 heteroatoms. The molecule has 4 atom stereocenters. The molecule has 2 fully saturated rings. The molecule has 0 bridgehead atoms. The van der Waals surface area contributed by atoms with Gasteiger partial charge in [-0.1, -0.05) is 34.6 Å². The Hall–Kier alpha value is -2.18. The minimum Gasteiger partial charge on any atom is -0.467 e. The highest BCUT2D eigenvalue weighted by Gasteiger charge is 2.70. The van der Waals surface area contributed by atoms with Gasteiger partial charge in [-0.3, -0.25) is 4.79 Å². The Balaban J connectivity index is 1.89. The third kappa shape index (κ3) is 3.35. The van der Waals surface area contributed by atoms with Crippen LogP contribution >= 0.6 is 0 Å². The second kappa shape index (κ2) is 6.71. The maximum absolute atomic E-state index is 14.2. The molecule has 1 saturated heterocycles. The number of benzene rings is 1. The molecule has 0 aromatic heterocycles. The Morgan fingerprint density at radius 1 is 1.29 bits per heavy atom. The molecule has 0 unspecified atom stereocenters. The molecule has 0 spiro atoms. The van der Waals surface area contributed by atoms with Crippen LogP contribution in [0.5, 0.6) is 0 Å². The number of likely N-dealkylation sites (tertiary alicyclic amines) is 1. The summed E-state index contributed by atoms with van der Waals surface area (Å²) in [7, 11) is 1.32. The van der Waals surface area contributed by atoms with E-state index in [1.54, 1.807) is 4.90 Å². The predicted molar refractivity (Wildman–Crippen MR) is 102 cm³/mol. The van der Waals surface area contributed by atoms with Gasteiger partial charge in [-0.2, -0.15) is 0 Å². The fourth-order valence-electron chi connectivity index (χ4n) is 4.48. The summed E-state index contributed by atoms with van der Waals surface area (Å²) < 4.78 is 32.4. The number of fused-ring (bicyclic) bond motifs is 1. The van der Waals surface area contributed by atoms with Crippen molar-refractivity contribution in [2.75, 3.05) is 19.0 Å². The van der Waals surface area contributed by atoms with Gasteiger partial charge in [-0.25, -0.2) is 13.6 Å². The van der Waals surface area contributed by atoms with Crippen molar-refractivity contribution < 1.29 is 23.1 Å². The lowest BCUT2D eigenvalue weighted by atomic mass is 9.85. The number of anilines is 1. The average molecular weight is 394 g/mol. The first-order valence-corrected chi connectivity index (χ1v) is 9.49. The van der Waals surface area contributed by atoms with E-state index in [-0.39, 0.29) is 28.8 Å². The maximum atomic E-state index is 14.2. The molecule has 0 radical (unpaired) electrons. The van der Waals surface area contributed by atoms with Crippen LogP contribution in [0.3, 0.4) is 0 Å². The van der Waals surface area contributed by atoms with Crippen LogP contribution in [-0.4, -0.2) is 42.5 Å². The van der Waals surface area contributed by atoms with E-state index in [1.807, 2.05) is 20.8 Å². The van der Waals surface area contributed by atoms with Crippen LogP contribution < -0.4 is 5.32 Å². The summed E-state index contributed by atoms with van der Waals surface area (Å²) in [6.45, 7) is 10.2. The van der Waals surface area contributed by atoms with E-state index in [0.717, 1.165) is 12.1 Å². The number of carbonyl (C=O) groups excluding carboxylic acids is 2. The lowest BCUT2D eigenvalue weighted by Crippen LogP contribution is -2.54. The smallest absolute Gasteiger partial charge is 0.328 e. The van der Waals surface area contributed by atoms with Crippen molar-refractivity contribution >= 4 is 17.6 Å². The van der Waals surface area contributed by atoms with E-state index in [0.29, 0.717) is 6.54 Å². The maximum Gasteiger partial charge on any atom is 0.328 e. The van der Waals surface area contributed by atoms with Gasteiger partial charge in [0, 0.05) is 18.5 Å². The SMILES string of the molecule is COC(=O)[C@@H]1[C@@H]2[C@H](CN1C(=O)[C@@H](Nc1ccc(F)cc1F)C(C)(C)C)C2(C)C. The van der Waals surface area contributed by atoms with Crippen LogP contribution in [-0.2, 0) is 14.3 Å². The molecular weight excluding hydrogens is 366 g/mol. The van der Waals surface area contributed by atoms with Crippen molar-refractivity contribution in [3.8, 4) is 0 Å². The highest BCUT2D eigenvalue weighted by Crippen LogP contribution is 2.65. The second-order valence-electron chi connectivity index (χ2n) is 9.48. The zero-order chi connectivity index (χ0) is 21.0. The van der Waals surface area contributed by atoms with Crippen LogP contribution in [0.25, 0.3) is 0 Å². The fraction of sp³-hybridized carbons (Fsp3) is 0.619. The highest BCUT2D eigenvalue weighted by atomic mass is 19.1. The Kier molecular flexibility index (Phi) is 4.92. The summed E-state index contributed by atoms with van der Waals surface area (Å²) in [6.07, 6.45) is 0. The van der Waals surface area contributed by atoms with Crippen LogP contribution in [0.1, 0.15) is 34.6 Å². The van der Waals surface area contributed by atoms with Crippen LogP contribution in [0.2, 0.25) is 0 Å². The highest BCUT2D eigenvalue weighted by molar-refractivity contribution is 5.91. The minimum atomic E-state index is -0.791. The standard InChI is InChI=1S/C21H28F2N2O3/c1-20(2,3)17(24-14-8-7-11(22)9-13(14)23)18(26)25-10-12-15(21(12,4)5)16(25)19(27)28-6/h7-9,12,15-17,24H,10H2,1-6H3/t12-,15-,16-,17+/m0/s1. The fourth-order valence-corrected chi connectivity index (χ4v) is 4.48. The molecule has 154 valence electrons. The minimum absolute atomic E-state index is 0.0106. The number of hydrogen-bond donors (Lipinski definition) is 1. The van der Waals surface area contributed by atoms with Crippen molar-refractivity contribution in [1.82, 2.24) is 4.90 Å². The van der Waals surface area contributed by atoms with E-state index in [1.165, 1.54) is 13.2 Å². The van der Waals surface area contributed by atoms with Gasteiger partial charge in [0.25, 0.3) is 0 Å². The topological polar surface area (TPSA) is 58.6 Å². The van der Waals surface area contributed by atoms with Crippen molar-refractivity contribution in [3.05, 3.63) is 29.8 Å². The molecule has 1 aromatic rings. The first-order valence-electron chi connectivity index (χ1n) is 9.49. The van der Waals surface area contributed by atoms with Crippen LogP contribution in [0.4, 0.5) is 14.5 Å². The van der Waals surface area contributed by atoms with E-state index in [9.17, 15) is 18.4 Å². The van der Waals surface area contributed by atoms with Crippen molar-refractivity contribution in [2.45, 2.75) is 46.7 Å². The number of nitrogens with zero attached hydrogens (tertiary/aromatic N) is 1. The second-order valence-corrected chi connectivity index (χ2v) is 9.48. The van der Waals surface area contributed by atoms with Gasteiger partial charge < -0.3 is 15.0 Å². The van der Waals surface area contributed by atoms with Gasteiger partial charge in [0.15, 0.2) is 0 Å². The number of amides is 1. The molecule has 1 aliphatic heterocycles. The van der Waals surface area contributed by atoms with Crippen LogP contribution in [0.15, 0.2) is 18.2 Å².